The second-order valence-corrected chi connectivity index (χ2v) is 6.45. The number of amides is 1. The van der Waals surface area contributed by atoms with Gasteiger partial charge in [-0.1, -0.05) is 22.0 Å². The van der Waals surface area contributed by atoms with Gasteiger partial charge in [0.05, 0.1) is 0 Å². The van der Waals surface area contributed by atoms with Gasteiger partial charge in [-0.05, 0) is 43.4 Å². The second-order valence-electron chi connectivity index (χ2n) is 5.60. The van der Waals surface area contributed by atoms with E-state index in [0.29, 0.717) is 12.3 Å². The number of piperidine rings is 1. The maximum Gasteiger partial charge on any atom is 0.217 e. The molecular weight excluding hydrogens is 318 g/mol. The van der Waals surface area contributed by atoms with Crippen molar-refractivity contribution in [2.45, 2.75) is 32.2 Å². The molecular formula is C15H22BrN3O. The van der Waals surface area contributed by atoms with Crippen molar-refractivity contribution in [3.05, 3.63) is 28.2 Å². The molecule has 1 aromatic rings. The summed E-state index contributed by atoms with van der Waals surface area (Å²) in [6, 6.07) is 6.37. The molecule has 1 heterocycles. The van der Waals surface area contributed by atoms with E-state index in [0.717, 1.165) is 36.0 Å². The smallest absolute Gasteiger partial charge is 0.217 e. The minimum atomic E-state index is -0.188. The average molecular weight is 340 g/mol. The first-order valence-corrected chi connectivity index (χ1v) is 7.85. The van der Waals surface area contributed by atoms with Crippen LogP contribution in [-0.2, 0) is 4.79 Å². The topological polar surface area (TPSA) is 72.3 Å². The molecule has 0 radical (unpaired) electrons. The van der Waals surface area contributed by atoms with Crippen molar-refractivity contribution in [3.63, 3.8) is 0 Å². The van der Waals surface area contributed by atoms with Crippen molar-refractivity contribution in [2.24, 2.45) is 17.4 Å². The number of hydrogen-bond acceptors (Lipinski definition) is 3. The van der Waals surface area contributed by atoms with Crippen LogP contribution in [0.4, 0.5) is 5.69 Å². The molecule has 4 nitrogen and oxygen atoms in total. The summed E-state index contributed by atoms with van der Waals surface area (Å²) in [6.07, 6.45) is 2.56. The van der Waals surface area contributed by atoms with Gasteiger partial charge in [0.1, 0.15) is 0 Å². The maximum atomic E-state index is 11.0. The van der Waals surface area contributed by atoms with Gasteiger partial charge in [-0.2, -0.15) is 0 Å². The first-order valence-electron chi connectivity index (χ1n) is 7.05. The fourth-order valence-electron chi connectivity index (χ4n) is 2.76. The zero-order chi connectivity index (χ0) is 14.7. The Hall–Kier alpha value is -1.07. The van der Waals surface area contributed by atoms with Crippen LogP contribution in [0, 0.1) is 5.92 Å². The van der Waals surface area contributed by atoms with Crippen LogP contribution in [0.1, 0.15) is 37.8 Å². The Labute approximate surface area is 128 Å². The van der Waals surface area contributed by atoms with Gasteiger partial charge in [0.15, 0.2) is 0 Å². The quantitative estimate of drug-likeness (QED) is 0.885. The number of primary amides is 1. The number of carbonyl (C=O) groups excluding carboxylic acids is 1. The van der Waals surface area contributed by atoms with E-state index < -0.39 is 0 Å². The molecule has 1 fully saturated rings. The summed E-state index contributed by atoms with van der Waals surface area (Å²) in [7, 11) is 0. The largest absolute Gasteiger partial charge is 0.371 e. The molecule has 0 spiro atoms. The number of halogens is 1. The highest BCUT2D eigenvalue weighted by Crippen LogP contribution is 2.30. The zero-order valence-corrected chi connectivity index (χ0v) is 13.4. The number of nitrogens with zero attached hydrogens (tertiary/aromatic N) is 1. The fourth-order valence-corrected chi connectivity index (χ4v) is 3.49. The van der Waals surface area contributed by atoms with Gasteiger partial charge >= 0.3 is 0 Å². The van der Waals surface area contributed by atoms with Gasteiger partial charge in [0.2, 0.25) is 5.91 Å². The highest BCUT2D eigenvalue weighted by Gasteiger charge is 2.21. The summed E-state index contributed by atoms with van der Waals surface area (Å²) in [5.74, 6) is 0.253. The predicted octanol–water partition coefficient (Wildman–Crippen LogP) is 2.56. The van der Waals surface area contributed by atoms with E-state index in [1.807, 2.05) is 6.92 Å². The van der Waals surface area contributed by atoms with Crippen LogP contribution in [0.3, 0.4) is 0 Å². The lowest BCUT2D eigenvalue weighted by Crippen LogP contribution is -2.35. The van der Waals surface area contributed by atoms with E-state index in [-0.39, 0.29) is 11.9 Å². The minimum Gasteiger partial charge on any atom is -0.371 e. The Morgan fingerprint density at radius 1 is 1.45 bits per heavy atom. The number of anilines is 1. The summed E-state index contributed by atoms with van der Waals surface area (Å²) in [5, 5.41) is 0. The SMILES string of the molecule is C[C@H](N)c1ccc(N2CCC(CC(N)=O)CC2)cc1Br. The summed E-state index contributed by atoms with van der Waals surface area (Å²) in [4.78, 5) is 13.3. The van der Waals surface area contributed by atoms with Crippen LogP contribution in [0.25, 0.3) is 0 Å². The van der Waals surface area contributed by atoms with E-state index >= 15 is 0 Å². The normalized spacial score (nSPS) is 18.1. The van der Waals surface area contributed by atoms with E-state index in [4.69, 9.17) is 11.5 Å². The molecule has 0 saturated carbocycles. The highest BCUT2D eigenvalue weighted by molar-refractivity contribution is 9.10. The van der Waals surface area contributed by atoms with Gasteiger partial charge in [0, 0.05) is 35.7 Å². The minimum absolute atomic E-state index is 0.0275. The summed E-state index contributed by atoms with van der Waals surface area (Å²) >= 11 is 3.59. The standard InChI is InChI=1S/C15H22BrN3O/c1-10(17)13-3-2-12(9-14(13)16)19-6-4-11(5-7-19)8-15(18)20/h2-3,9-11H,4-8,17H2,1H3,(H2,18,20)/t10-/m0/s1. The Morgan fingerprint density at radius 2 is 2.10 bits per heavy atom. The average Bonchev–Trinajstić information content (AvgIpc) is 2.38. The Morgan fingerprint density at radius 3 is 2.60 bits per heavy atom. The van der Waals surface area contributed by atoms with Gasteiger partial charge in [-0.3, -0.25) is 4.79 Å². The monoisotopic (exact) mass is 339 g/mol. The van der Waals surface area contributed by atoms with E-state index in [9.17, 15) is 4.79 Å². The molecule has 1 amide bonds. The van der Waals surface area contributed by atoms with E-state index in [2.05, 4.69) is 39.0 Å². The lowest BCUT2D eigenvalue weighted by atomic mass is 9.93. The molecule has 1 aliphatic rings. The molecule has 5 heteroatoms. The van der Waals surface area contributed by atoms with Crippen molar-refractivity contribution in [1.29, 1.82) is 0 Å². The maximum absolute atomic E-state index is 11.0. The zero-order valence-electron chi connectivity index (χ0n) is 11.8. The molecule has 1 aliphatic heterocycles. The third-order valence-corrected chi connectivity index (χ3v) is 4.63. The van der Waals surface area contributed by atoms with Crippen LogP contribution in [-0.4, -0.2) is 19.0 Å². The third-order valence-electron chi connectivity index (χ3n) is 3.94. The lowest BCUT2D eigenvalue weighted by molar-refractivity contribution is -0.119. The fraction of sp³-hybridized carbons (Fsp3) is 0.533. The number of hydrogen-bond donors (Lipinski definition) is 2. The van der Waals surface area contributed by atoms with Crippen molar-refractivity contribution in [2.75, 3.05) is 18.0 Å². The van der Waals surface area contributed by atoms with Gasteiger partial charge < -0.3 is 16.4 Å². The highest BCUT2D eigenvalue weighted by atomic mass is 79.9. The summed E-state index contributed by atoms with van der Waals surface area (Å²) < 4.78 is 1.06. The molecule has 0 unspecified atom stereocenters. The van der Waals surface area contributed by atoms with Crippen molar-refractivity contribution < 1.29 is 4.79 Å². The molecule has 0 aliphatic carbocycles. The lowest BCUT2D eigenvalue weighted by Gasteiger charge is -2.33. The van der Waals surface area contributed by atoms with Crippen LogP contribution in [0.5, 0.6) is 0 Å². The van der Waals surface area contributed by atoms with E-state index in [1.54, 1.807) is 0 Å². The Bertz CT molecular complexity index is 482. The molecule has 0 bridgehead atoms. The first-order chi connectivity index (χ1) is 9.47. The molecule has 2 rings (SSSR count). The number of rotatable bonds is 4. The number of benzene rings is 1. The predicted molar refractivity (Wildman–Crippen MR) is 85.5 cm³/mol. The Balaban J connectivity index is 2.00. The first kappa shape index (κ1) is 15.3. The summed E-state index contributed by atoms with van der Waals surface area (Å²) in [6.45, 7) is 3.93. The number of carbonyl (C=O) groups is 1. The van der Waals surface area contributed by atoms with Gasteiger partial charge in [-0.25, -0.2) is 0 Å². The second kappa shape index (κ2) is 6.59. The molecule has 0 aromatic heterocycles. The molecule has 20 heavy (non-hydrogen) atoms. The van der Waals surface area contributed by atoms with Crippen LogP contribution in [0.2, 0.25) is 0 Å². The van der Waals surface area contributed by atoms with Gasteiger partial charge in [0.25, 0.3) is 0 Å². The molecule has 1 saturated heterocycles. The van der Waals surface area contributed by atoms with E-state index in [1.165, 1.54) is 5.69 Å². The molecule has 110 valence electrons. The van der Waals surface area contributed by atoms with Crippen LogP contribution >= 0.6 is 15.9 Å². The Kier molecular flexibility index (Phi) is 5.05. The van der Waals surface area contributed by atoms with Crippen molar-refractivity contribution in [3.8, 4) is 0 Å². The summed E-state index contributed by atoms with van der Waals surface area (Å²) in [5.41, 5.74) is 13.5. The molecule has 1 aromatic carbocycles. The van der Waals surface area contributed by atoms with Gasteiger partial charge in [-0.15, -0.1) is 0 Å². The molecule has 4 N–H and O–H groups in total. The molecule has 1 atom stereocenters. The van der Waals surface area contributed by atoms with Crippen LogP contribution < -0.4 is 16.4 Å². The third kappa shape index (κ3) is 3.73. The van der Waals surface area contributed by atoms with Crippen LogP contribution in [0.15, 0.2) is 22.7 Å². The number of nitrogens with two attached hydrogens (primary N) is 2. The van der Waals surface area contributed by atoms with Crippen molar-refractivity contribution >= 4 is 27.5 Å². The van der Waals surface area contributed by atoms with Crippen molar-refractivity contribution in [1.82, 2.24) is 0 Å².